The normalized spacial score (nSPS) is 15.1. The zero-order chi connectivity index (χ0) is 17.1. The van der Waals surface area contributed by atoms with Gasteiger partial charge in [-0.05, 0) is 22.8 Å². The van der Waals surface area contributed by atoms with Crippen LogP contribution in [0.15, 0.2) is 95.7 Å². The Morgan fingerprint density at radius 3 is 1.92 bits per heavy atom. The third-order valence-corrected chi connectivity index (χ3v) is 4.07. The second-order valence-electron chi connectivity index (χ2n) is 5.73. The molecule has 0 spiro atoms. The Kier molecular flexibility index (Phi) is 3.97. The summed E-state index contributed by atoms with van der Waals surface area (Å²) in [5.74, 6) is -0.425. The largest absolute Gasteiger partial charge is 0.368 e. The number of hydrogen-bond acceptors (Lipinski definition) is 3. The van der Waals surface area contributed by atoms with Gasteiger partial charge in [-0.3, -0.25) is 0 Å². The summed E-state index contributed by atoms with van der Waals surface area (Å²) >= 11 is 0. The van der Waals surface area contributed by atoms with E-state index in [2.05, 4.69) is 17.3 Å². The van der Waals surface area contributed by atoms with E-state index >= 15 is 0 Å². The number of rotatable bonds is 3. The molecule has 3 heteroatoms. The summed E-state index contributed by atoms with van der Waals surface area (Å²) in [6.45, 7) is 0. The number of carbonyl (C=O) groups excluding carboxylic acids is 1. The van der Waals surface area contributed by atoms with Gasteiger partial charge < -0.3 is 4.84 Å². The van der Waals surface area contributed by atoms with E-state index in [0.29, 0.717) is 11.3 Å². The third kappa shape index (κ3) is 3.12. The summed E-state index contributed by atoms with van der Waals surface area (Å²) in [6, 6.07) is 27.8. The van der Waals surface area contributed by atoms with Crippen LogP contribution in [0.1, 0.15) is 11.1 Å². The van der Waals surface area contributed by atoms with Crippen LogP contribution in [-0.4, -0.2) is 11.7 Å². The maximum atomic E-state index is 12.0. The van der Waals surface area contributed by atoms with Crippen molar-refractivity contribution in [3.8, 4) is 11.1 Å². The van der Waals surface area contributed by atoms with E-state index in [0.717, 1.165) is 22.3 Å². The lowest BCUT2D eigenvalue weighted by atomic mass is 9.98. The molecule has 0 bridgehead atoms. The van der Waals surface area contributed by atoms with E-state index < -0.39 is 5.97 Å². The molecule has 1 aliphatic rings. The van der Waals surface area contributed by atoms with Gasteiger partial charge in [0.2, 0.25) is 0 Å². The zero-order valence-electron chi connectivity index (χ0n) is 13.4. The van der Waals surface area contributed by atoms with Gasteiger partial charge in [0.25, 0.3) is 0 Å². The first-order valence-electron chi connectivity index (χ1n) is 8.03. The quantitative estimate of drug-likeness (QED) is 0.517. The second-order valence-corrected chi connectivity index (χ2v) is 5.73. The Balaban J connectivity index is 1.67. The maximum Gasteiger partial charge on any atom is 0.368 e. The Morgan fingerprint density at radius 1 is 0.680 bits per heavy atom. The lowest BCUT2D eigenvalue weighted by Crippen LogP contribution is -2.06. The Bertz CT molecular complexity index is 956. The molecule has 1 heterocycles. The van der Waals surface area contributed by atoms with Crippen LogP contribution in [-0.2, 0) is 9.63 Å². The number of nitrogens with zero attached hydrogens (tertiary/aromatic N) is 1. The Labute approximate surface area is 145 Å². The fourth-order valence-corrected chi connectivity index (χ4v) is 2.78. The molecule has 0 saturated heterocycles. The first-order valence-corrected chi connectivity index (χ1v) is 8.03. The average Bonchev–Trinajstić information content (AvgIpc) is 3.04. The summed E-state index contributed by atoms with van der Waals surface area (Å²) in [4.78, 5) is 16.9. The van der Waals surface area contributed by atoms with Gasteiger partial charge in [-0.1, -0.05) is 90.1 Å². The molecule has 0 aliphatic carbocycles. The van der Waals surface area contributed by atoms with Gasteiger partial charge in [-0.25, -0.2) is 4.79 Å². The van der Waals surface area contributed by atoms with Crippen molar-refractivity contribution in [1.82, 2.24) is 0 Å². The summed E-state index contributed by atoms with van der Waals surface area (Å²) in [5, 5.41) is 3.97. The maximum absolute atomic E-state index is 12.0. The van der Waals surface area contributed by atoms with Gasteiger partial charge >= 0.3 is 5.97 Å². The van der Waals surface area contributed by atoms with E-state index in [-0.39, 0.29) is 0 Å². The van der Waals surface area contributed by atoms with E-state index in [4.69, 9.17) is 4.84 Å². The minimum Gasteiger partial charge on any atom is -0.312 e. The molecule has 3 aromatic rings. The molecule has 0 saturated carbocycles. The van der Waals surface area contributed by atoms with Crippen LogP contribution in [0.5, 0.6) is 0 Å². The monoisotopic (exact) mass is 325 g/mol. The number of carbonyl (C=O) groups is 1. The van der Waals surface area contributed by atoms with Crippen molar-refractivity contribution in [2.24, 2.45) is 5.16 Å². The van der Waals surface area contributed by atoms with Crippen molar-refractivity contribution in [2.75, 3.05) is 0 Å². The fraction of sp³-hybridized carbons (Fsp3) is 0. The number of oxime groups is 1. The summed E-state index contributed by atoms with van der Waals surface area (Å²) < 4.78 is 0. The Hall–Kier alpha value is -3.46. The number of hydrogen-bond donors (Lipinski definition) is 0. The van der Waals surface area contributed by atoms with Crippen molar-refractivity contribution in [3.63, 3.8) is 0 Å². The van der Waals surface area contributed by atoms with Gasteiger partial charge in [-0.15, -0.1) is 0 Å². The summed E-state index contributed by atoms with van der Waals surface area (Å²) in [7, 11) is 0. The molecule has 4 rings (SSSR count). The van der Waals surface area contributed by atoms with Gasteiger partial charge in [0.1, 0.15) is 5.71 Å². The third-order valence-electron chi connectivity index (χ3n) is 4.07. The SMILES string of the molecule is O=C1ON=C(c2ccc(-c3ccccc3)cc2)/C1=C/c1ccccc1. The lowest BCUT2D eigenvalue weighted by molar-refractivity contribution is -0.136. The Morgan fingerprint density at radius 2 is 1.24 bits per heavy atom. The molecule has 0 amide bonds. The highest BCUT2D eigenvalue weighted by Crippen LogP contribution is 2.24. The molecule has 0 atom stereocenters. The molecule has 0 fully saturated rings. The van der Waals surface area contributed by atoms with E-state index in [9.17, 15) is 4.79 Å². The van der Waals surface area contributed by atoms with Gasteiger partial charge in [0, 0.05) is 5.56 Å². The van der Waals surface area contributed by atoms with E-state index in [1.807, 2.05) is 72.8 Å². The van der Waals surface area contributed by atoms with Crippen molar-refractivity contribution in [3.05, 3.63) is 102 Å². The van der Waals surface area contributed by atoms with E-state index in [1.54, 1.807) is 6.08 Å². The topological polar surface area (TPSA) is 38.7 Å². The predicted octanol–water partition coefficient (Wildman–Crippen LogP) is 4.70. The standard InChI is InChI=1S/C22H15NO2/c24-22-20(15-16-7-3-1-4-8-16)21(23-25-22)19-13-11-18(12-14-19)17-9-5-2-6-10-17/h1-15H/b20-15-. The zero-order valence-corrected chi connectivity index (χ0v) is 13.4. The van der Waals surface area contributed by atoms with Crippen molar-refractivity contribution >= 4 is 17.8 Å². The second kappa shape index (κ2) is 6.57. The van der Waals surface area contributed by atoms with E-state index in [1.165, 1.54) is 0 Å². The number of benzene rings is 3. The van der Waals surface area contributed by atoms with Crippen LogP contribution in [0.25, 0.3) is 17.2 Å². The highest BCUT2D eigenvalue weighted by atomic mass is 16.7. The van der Waals surface area contributed by atoms with Crippen LogP contribution in [0.2, 0.25) is 0 Å². The molecule has 0 radical (unpaired) electrons. The van der Waals surface area contributed by atoms with Crippen LogP contribution < -0.4 is 0 Å². The minimum absolute atomic E-state index is 0.425. The predicted molar refractivity (Wildman–Crippen MR) is 98.9 cm³/mol. The lowest BCUT2D eigenvalue weighted by Gasteiger charge is -2.04. The molecule has 1 aliphatic heterocycles. The molecular formula is C22H15NO2. The van der Waals surface area contributed by atoms with Crippen molar-refractivity contribution in [1.29, 1.82) is 0 Å². The van der Waals surface area contributed by atoms with Crippen LogP contribution in [0.4, 0.5) is 0 Å². The highest BCUT2D eigenvalue weighted by molar-refractivity contribution is 6.31. The summed E-state index contributed by atoms with van der Waals surface area (Å²) in [6.07, 6.45) is 1.80. The van der Waals surface area contributed by atoms with Gasteiger partial charge in [-0.2, -0.15) is 0 Å². The fourth-order valence-electron chi connectivity index (χ4n) is 2.78. The molecule has 25 heavy (non-hydrogen) atoms. The van der Waals surface area contributed by atoms with Crippen LogP contribution >= 0.6 is 0 Å². The molecular weight excluding hydrogens is 310 g/mol. The smallest absolute Gasteiger partial charge is 0.312 e. The molecule has 0 N–H and O–H groups in total. The van der Waals surface area contributed by atoms with Crippen molar-refractivity contribution in [2.45, 2.75) is 0 Å². The molecule has 0 unspecified atom stereocenters. The molecule has 3 nitrogen and oxygen atoms in total. The van der Waals surface area contributed by atoms with Crippen LogP contribution in [0, 0.1) is 0 Å². The molecule has 0 aromatic heterocycles. The van der Waals surface area contributed by atoms with Gasteiger partial charge in [0.15, 0.2) is 0 Å². The van der Waals surface area contributed by atoms with Crippen molar-refractivity contribution < 1.29 is 9.63 Å². The minimum atomic E-state index is -0.425. The highest BCUT2D eigenvalue weighted by Gasteiger charge is 2.26. The van der Waals surface area contributed by atoms with Gasteiger partial charge in [0.05, 0.1) is 5.57 Å². The average molecular weight is 325 g/mol. The molecule has 120 valence electrons. The molecule has 3 aromatic carbocycles. The first kappa shape index (κ1) is 15.1. The summed E-state index contributed by atoms with van der Waals surface area (Å²) in [5.41, 5.74) is 5.09. The first-order chi connectivity index (χ1) is 12.3. The van der Waals surface area contributed by atoms with Crippen LogP contribution in [0.3, 0.4) is 0 Å².